The number of anilines is 1. The molecule has 0 atom stereocenters. The molecule has 2 aromatic carbocycles. The minimum atomic E-state index is -0.634. The number of hydrogen-bond acceptors (Lipinski definition) is 4. The highest BCUT2D eigenvalue weighted by atomic mass is 16.5. The Morgan fingerprint density at radius 3 is 2.64 bits per heavy atom. The summed E-state index contributed by atoms with van der Waals surface area (Å²) in [6, 6.07) is 16.1. The van der Waals surface area contributed by atoms with E-state index in [1.165, 1.54) is 0 Å². The zero-order chi connectivity index (χ0) is 17.6. The smallest absolute Gasteiger partial charge is 0.349 e. The van der Waals surface area contributed by atoms with Crippen molar-refractivity contribution in [1.29, 1.82) is 0 Å². The van der Waals surface area contributed by atoms with Crippen LogP contribution in [0.15, 0.2) is 63.8 Å². The number of nitrogens with zero attached hydrogens (tertiary/aromatic N) is 1. The molecule has 1 aliphatic rings. The second-order valence-electron chi connectivity index (χ2n) is 6.71. The van der Waals surface area contributed by atoms with Gasteiger partial charge < -0.3 is 14.1 Å². The van der Waals surface area contributed by atoms with Crippen LogP contribution in [0.25, 0.3) is 11.0 Å². The van der Waals surface area contributed by atoms with Crippen molar-refractivity contribution in [2.75, 3.05) is 11.4 Å². The molecule has 0 bridgehead atoms. The van der Waals surface area contributed by atoms with E-state index >= 15 is 0 Å². The van der Waals surface area contributed by atoms with Gasteiger partial charge in [-0.25, -0.2) is 4.79 Å². The number of carbonyl (C=O) groups is 1. The van der Waals surface area contributed by atoms with Crippen molar-refractivity contribution in [1.82, 2.24) is 0 Å². The van der Waals surface area contributed by atoms with Gasteiger partial charge in [0.15, 0.2) is 0 Å². The third-order valence-electron chi connectivity index (χ3n) is 4.20. The zero-order valence-corrected chi connectivity index (χ0v) is 14.0. The molecule has 0 saturated carbocycles. The summed E-state index contributed by atoms with van der Waals surface area (Å²) >= 11 is 0. The molecule has 0 unspecified atom stereocenters. The fraction of sp³-hybridized carbons (Fsp3) is 0.200. The molecule has 5 heteroatoms. The molecular formula is C20H17NO4. The summed E-state index contributed by atoms with van der Waals surface area (Å²) in [7, 11) is 0. The van der Waals surface area contributed by atoms with Crippen molar-refractivity contribution in [3.63, 3.8) is 0 Å². The van der Waals surface area contributed by atoms with E-state index in [0.29, 0.717) is 29.0 Å². The van der Waals surface area contributed by atoms with Gasteiger partial charge in [0.2, 0.25) is 0 Å². The van der Waals surface area contributed by atoms with Crippen LogP contribution in [0.3, 0.4) is 0 Å². The molecule has 2 heterocycles. The maximum absolute atomic E-state index is 13.1. The normalized spacial score (nSPS) is 15.5. The predicted molar refractivity (Wildman–Crippen MR) is 95.3 cm³/mol. The van der Waals surface area contributed by atoms with Crippen LogP contribution in [0, 0.1) is 0 Å². The topological polar surface area (TPSA) is 59.8 Å². The van der Waals surface area contributed by atoms with E-state index in [0.717, 1.165) is 0 Å². The Bertz CT molecular complexity index is 1040. The summed E-state index contributed by atoms with van der Waals surface area (Å²) in [6.45, 7) is 4.16. The molecule has 1 aromatic heterocycles. The van der Waals surface area contributed by atoms with Gasteiger partial charge in [-0.1, -0.05) is 30.3 Å². The number of hydrogen-bond donors (Lipinski definition) is 0. The van der Waals surface area contributed by atoms with Crippen LogP contribution in [-0.2, 0) is 0 Å². The van der Waals surface area contributed by atoms with Gasteiger partial charge in [0.1, 0.15) is 22.5 Å². The van der Waals surface area contributed by atoms with Gasteiger partial charge in [-0.05, 0) is 38.1 Å². The largest absolute Gasteiger partial charge is 0.484 e. The van der Waals surface area contributed by atoms with E-state index in [1.807, 2.05) is 50.2 Å². The van der Waals surface area contributed by atoms with E-state index in [4.69, 9.17) is 9.15 Å². The zero-order valence-electron chi connectivity index (χ0n) is 14.0. The van der Waals surface area contributed by atoms with Crippen LogP contribution in [0.1, 0.15) is 24.2 Å². The number of fused-ring (bicyclic) bond motifs is 2. The monoisotopic (exact) mass is 335 g/mol. The number of para-hydroxylation sites is 3. The van der Waals surface area contributed by atoms with Crippen molar-refractivity contribution in [3.05, 3.63) is 70.6 Å². The van der Waals surface area contributed by atoms with Crippen LogP contribution >= 0.6 is 0 Å². The first-order valence-corrected chi connectivity index (χ1v) is 8.07. The molecule has 1 aliphatic heterocycles. The minimum Gasteiger partial charge on any atom is -0.484 e. The average Bonchev–Trinajstić information content (AvgIpc) is 2.59. The molecule has 1 amide bonds. The molecular weight excluding hydrogens is 318 g/mol. The summed E-state index contributed by atoms with van der Waals surface area (Å²) in [5, 5.41) is 0.714. The van der Waals surface area contributed by atoms with Crippen molar-refractivity contribution >= 4 is 22.6 Å². The molecule has 0 aliphatic carbocycles. The van der Waals surface area contributed by atoms with Gasteiger partial charge in [-0.2, -0.15) is 0 Å². The second-order valence-corrected chi connectivity index (χ2v) is 6.71. The van der Waals surface area contributed by atoms with E-state index in [1.54, 1.807) is 23.1 Å². The maximum Gasteiger partial charge on any atom is 0.349 e. The van der Waals surface area contributed by atoms with Gasteiger partial charge in [-0.15, -0.1) is 0 Å². The van der Waals surface area contributed by atoms with Gasteiger partial charge in [0, 0.05) is 5.39 Å². The van der Waals surface area contributed by atoms with Crippen LogP contribution in [0.4, 0.5) is 5.69 Å². The predicted octanol–water partition coefficient (Wildman–Crippen LogP) is 3.61. The van der Waals surface area contributed by atoms with Crippen molar-refractivity contribution in [2.24, 2.45) is 0 Å². The number of benzene rings is 2. The van der Waals surface area contributed by atoms with Crippen LogP contribution in [0.5, 0.6) is 5.75 Å². The maximum atomic E-state index is 13.1. The van der Waals surface area contributed by atoms with Gasteiger partial charge >= 0.3 is 5.63 Å². The molecule has 3 aromatic rings. The Kier molecular flexibility index (Phi) is 3.39. The highest BCUT2D eigenvalue weighted by Crippen LogP contribution is 2.37. The number of ether oxygens (including phenoxy) is 1. The first-order valence-electron chi connectivity index (χ1n) is 8.07. The third kappa shape index (κ3) is 2.67. The molecule has 0 fully saturated rings. The van der Waals surface area contributed by atoms with E-state index in [9.17, 15) is 9.59 Å². The molecule has 25 heavy (non-hydrogen) atoms. The molecule has 0 N–H and O–H groups in total. The fourth-order valence-electron chi connectivity index (χ4n) is 3.10. The van der Waals surface area contributed by atoms with E-state index in [-0.39, 0.29) is 11.5 Å². The van der Waals surface area contributed by atoms with Gasteiger partial charge in [0.05, 0.1) is 12.2 Å². The Morgan fingerprint density at radius 2 is 1.80 bits per heavy atom. The second kappa shape index (κ2) is 5.48. The van der Waals surface area contributed by atoms with Crippen molar-refractivity contribution < 1.29 is 13.9 Å². The van der Waals surface area contributed by atoms with Crippen LogP contribution in [0.2, 0.25) is 0 Å². The van der Waals surface area contributed by atoms with Gasteiger partial charge in [-0.3, -0.25) is 4.79 Å². The Balaban J connectivity index is 1.84. The number of rotatable bonds is 1. The summed E-state index contributed by atoms with van der Waals surface area (Å²) in [5.41, 5.74) is -0.0519. The lowest BCUT2D eigenvalue weighted by molar-refractivity contribution is 0.0834. The number of carbonyl (C=O) groups excluding carboxylic acids is 1. The Hall–Kier alpha value is -3.08. The van der Waals surface area contributed by atoms with Crippen LogP contribution in [-0.4, -0.2) is 18.1 Å². The van der Waals surface area contributed by atoms with Gasteiger partial charge in [0.25, 0.3) is 5.91 Å². The Morgan fingerprint density at radius 1 is 1.08 bits per heavy atom. The molecule has 0 radical (unpaired) electrons. The lowest BCUT2D eigenvalue weighted by Gasteiger charge is -2.39. The molecule has 5 nitrogen and oxygen atoms in total. The molecule has 0 spiro atoms. The first-order chi connectivity index (χ1) is 11.9. The minimum absolute atomic E-state index is 0.0196. The van der Waals surface area contributed by atoms with E-state index in [2.05, 4.69) is 0 Å². The highest BCUT2D eigenvalue weighted by molar-refractivity contribution is 6.08. The summed E-state index contributed by atoms with van der Waals surface area (Å²) in [6.07, 6.45) is 0. The molecule has 0 saturated heterocycles. The Labute approximate surface area is 144 Å². The lowest BCUT2D eigenvalue weighted by atomic mass is 10.0. The standard InChI is InChI=1S/C20H17NO4/c1-20(2)12-21(15-8-4-6-10-17(15)25-20)18(22)14-11-13-7-3-5-9-16(13)24-19(14)23/h3-11H,12H2,1-2H3. The quantitative estimate of drug-likeness (QED) is 0.638. The average molecular weight is 335 g/mol. The lowest BCUT2D eigenvalue weighted by Crippen LogP contribution is -2.50. The third-order valence-corrected chi connectivity index (χ3v) is 4.20. The summed E-state index contributed by atoms with van der Waals surface area (Å²) < 4.78 is 11.3. The fourth-order valence-corrected chi connectivity index (χ4v) is 3.10. The number of amides is 1. The van der Waals surface area contributed by atoms with E-state index < -0.39 is 11.2 Å². The first kappa shape index (κ1) is 15.4. The van der Waals surface area contributed by atoms with Crippen molar-refractivity contribution in [2.45, 2.75) is 19.4 Å². The highest BCUT2D eigenvalue weighted by Gasteiger charge is 2.36. The van der Waals surface area contributed by atoms with Crippen LogP contribution < -0.4 is 15.3 Å². The summed E-state index contributed by atoms with van der Waals surface area (Å²) in [5.74, 6) is 0.237. The van der Waals surface area contributed by atoms with Crippen molar-refractivity contribution in [3.8, 4) is 5.75 Å². The molecule has 4 rings (SSSR count). The summed E-state index contributed by atoms with van der Waals surface area (Å²) in [4.78, 5) is 27.1. The molecule has 126 valence electrons. The SMILES string of the molecule is CC1(C)CN(C(=O)c2cc3ccccc3oc2=O)c2ccccc2O1.